The molecule has 0 aliphatic heterocycles. The monoisotopic (exact) mass is 330 g/mol. The van der Waals surface area contributed by atoms with Crippen molar-refractivity contribution in [2.24, 2.45) is 0 Å². The van der Waals surface area contributed by atoms with Crippen LogP contribution < -0.4 is 10.6 Å². The molecule has 3 aromatic carbocycles. The quantitative estimate of drug-likeness (QED) is 0.523. The first-order valence-corrected chi connectivity index (χ1v) is 8.94. The molecule has 128 valence electrons. The van der Waals surface area contributed by atoms with Gasteiger partial charge in [-0.15, -0.1) is 0 Å². The van der Waals surface area contributed by atoms with Gasteiger partial charge in [-0.2, -0.15) is 0 Å². The van der Waals surface area contributed by atoms with E-state index >= 15 is 0 Å². The van der Waals surface area contributed by atoms with Crippen molar-refractivity contribution in [2.75, 3.05) is 10.6 Å². The van der Waals surface area contributed by atoms with Crippen molar-refractivity contribution in [3.8, 4) is 0 Å². The molecule has 0 aromatic heterocycles. The second-order valence-corrected chi connectivity index (χ2v) is 6.60. The van der Waals surface area contributed by atoms with E-state index in [1.165, 1.54) is 22.4 Å². The lowest BCUT2D eigenvalue weighted by Gasteiger charge is -2.13. The molecule has 2 nitrogen and oxygen atoms in total. The molecule has 3 aromatic rings. The van der Waals surface area contributed by atoms with Crippen LogP contribution in [0.5, 0.6) is 0 Å². The van der Waals surface area contributed by atoms with Gasteiger partial charge in [-0.1, -0.05) is 48.7 Å². The first-order valence-electron chi connectivity index (χ1n) is 8.94. The van der Waals surface area contributed by atoms with Crippen molar-refractivity contribution in [3.05, 3.63) is 83.4 Å². The minimum absolute atomic E-state index is 1.09. The smallest absolute Gasteiger partial charge is 0.0416 e. The molecule has 0 heterocycles. The highest BCUT2D eigenvalue weighted by atomic mass is 14.9. The minimum atomic E-state index is 1.09. The van der Waals surface area contributed by atoms with Crippen LogP contribution in [0.3, 0.4) is 0 Å². The summed E-state index contributed by atoms with van der Waals surface area (Å²) in [5, 5.41) is 6.99. The van der Waals surface area contributed by atoms with E-state index in [9.17, 15) is 0 Å². The van der Waals surface area contributed by atoms with E-state index in [0.29, 0.717) is 0 Å². The van der Waals surface area contributed by atoms with Crippen LogP contribution in [0.4, 0.5) is 22.7 Å². The lowest BCUT2D eigenvalue weighted by atomic mass is 10.0. The Morgan fingerprint density at radius 3 is 1.76 bits per heavy atom. The Balaban J connectivity index is 1.71. The molecular formula is C23H26N2. The van der Waals surface area contributed by atoms with Crippen molar-refractivity contribution in [2.45, 2.75) is 33.6 Å². The molecule has 0 radical (unpaired) electrons. The Morgan fingerprint density at radius 2 is 1.16 bits per heavy atom. The van der Waals surface area contributed by atoms with Crippen LogP contribution in [0.2, 0.25) is 0 Å². The maximum absolute atomic E-state index is 3.56. The lowest BCUT2D eigenvalue weighted by Crippen LogP contribution is -1.97. The number of hydrogen-bond donors (Lipinski definition) is 2. The molecule has 0 saturated heterocycles. The molecule has 0 fully saturated rings. The second kappa shape index (κ2) is 7.89. The molecule has 0 atom stereocenters. The standard InChI is InChI=1S/C23H26N2/c1-4-5-19-16-18(3)8-15-23(19)25-22-13-11-21(12-14-22)24-20-9-6-17(2)7-10-20/h6-16,24-25H,4-5H2,1-3H3. The number of hydrogen-bond acceptors (Lipinski definition) is 2. The van der Waals surface area contributed by atoms with E-state index in [0.717, 1.165) is 29.9 Å². The van der Waals surface area contributed by atoms with Gasteiger partial charge in [0.15, 0.2) is 0 Å². The summed E-state index contributed by atoms with van der Waals surface area (Å²) in [4.78, 5) is 0. The molecule has 0 spiro atoms. The summed E-state index contributed by atoms with van der Waals surface area (Å²) in [6, 6.07) is 23.5. The molecule has 0 unspecified atom stereocenters. The van der Waals surface area contributed by atoms with Crippen LogP contribution in [0.15, 0.2) is 66.7 Å². The fraction of sp³-hybridized carbons (Fsp3) is 0.217. The zero-order valence-electron chi connectivity index (χ0n) is 15.3. The van der Waals surface area contributed by atoms with Crippen molar-refractivity contribution in [1.82, 2.24) is 0 Å². The van der Waals surface area contributed by atoms with Crippen molar-refractivity contribution in [1.29, 1.82) is 0 Å². The second-order valence-electron chi connectivity index (χ2n) is 6.60. The van der Waals surface area contributed by atoms with Gasteiger partial charge in [0.2, 0.25) is 0 Å². The van der Waals surface area contributed by atoms with Crippen LogP contribution in [-0.2, 0) is 6.42 Å². The Morgan fingerprint density at radius 1 is 0.640 bits per heavy atom. The van der Waals surface area contributed by atoms with Crippen molar-refractivity contribution in [3.63, 3.8) is 0 Å². The van der Waals surface area contributed by atoms with Crippen molar-refractivity contribution < 1.29 is 0 Å². The van der Waals surface area contributed by atoms with E-state index in [1.807, 2.05) is 0 Å². The molecule has 2 N–H and O–H groups in total. The van der Waals surface area contributed by atoms with Gasteiger partial charge in [0, 0.05) is 22.7 Å². The highest BCUT2D eigenvalue weighted by Crippen LogP contribution is 2.25. The number of nitrogens with one attached hydrogen (secondary N) is 2. The average Bonchev–Trinajstić information content (AvgIpc) is 2.61. The third kappa shape index (κ3) is 4.63. The summed E-state index contributed by atoms with van der Waals surface area (Å²) in [5.74, 6) is 0. The molecule has 2 heteroatoms. The maximum Gasteiger partial charge on any atom is 0.0416 e. The fourth-order valence-electron chi connectivity index (χ4n) is 2.92. The summed E-state index contributed by atoms with van der Waals surface area (Å²) >= 11 is 0. The average molecular weight is 330 g/mol. The Kier molecular flexibility index (Phi) is 5.39. The highest BCUT2D eigenvalue weighted by Gasteiger charge is 2.03. The maximum atomic E-state index is 3.56. The first-order chi connectivity index (χ1) is 12.1. The van der Waals surface area contributed by atoms with Gasteiger partial charge >= 0.3 is 0 Å². The third-order valence-electron chi connectivity index (χ3n) is 4.28. The predicted molar refractivity (Wildman–Crippen MR) is 109 cm³/mol. The number of rotatable bonds is 6. The molecule has 3 rings (SSSR count). The predicted octanol–water partition coefficient (Wildman–Crippen LogP) is 6.74. The van der Waals surface area contributed by atoms with E-state index in [2.05, 4.69) is 98.1 Å². The van der Waals surface area contributed by atoms with Gasteiger partial charge in [-0.3, -0.25) is 0 Å². The van der Waals surface area contributed by atoms with Gasteiger partial charge in [-0.05, 0) is 68.3 Å². The number of aryl methyl sites for hydroxylation is 3. The normalized spacial score (nSPS) is 10.5. The van der Waals surface area contributed by atoms with Crippen molar-refractivity contribution >= 4 is 22.7 Å². The lowest BCUT2D eigenvalue weighted by molar-refractivity contribution is 0.922. The van der Waals surface area contributed by atoms with Gasteiger partial charge in [0.05, 0.1) is 0 Å². The Bertz CT molecular complexity index is 818. The van der Waals surface area contributed by atoms with Crippen LogP contribution in [0.25, 0.3) is 0 Å². The summed E-state index contributed by atoms with van der Waals surface area (Å²) in [6.07, 6.45) is 2.24. The Hall–Kier alpha value is -2.74. The van der Waals surface area contributed by atoms with E-state index in [4.69, 9.17) is 0 Å². The van der Waals surface area contributed by atoms with Crippen LogP contribution >= 0.6 is 0 Å². The highest BCUT2D eigenvalue weighted by molar-refractivity contribution is 5.67. The molecule has 25 heavy (non-hydrogen) atoms. The molecule has 0 bridgehead atoms. The van der Waals surface area contributed by atoms with E-state index in [1.54, 1.807) is 0 Å². The summed E-state index contributed by atoms with van der Waals surface area (Å²) < 4.78 is 0. The number of anilines is 4. The largest absolute Gasteiger partial charge is 0.356 e. The zero-order valence-corrected chi connectivity index (χ0v) is 15.3. The summed E-state index contributed by atoms with van der Waals surface area (Å²) in [7, 11) is 0. The fourth-order valence-corrected chi connectivity index (χ4v) is 2.92. The van der Waals surface area contributed by atoms with E-state index < -0.39 is 0 Å². The number of benzene rings is 3. The molecule has 0 aliphatic carbocycles. The van der Waals surface area contributed by atoms with Crippen LogP contribution in [0.1, 0.15) is 30.0 Å². The first kappa shape index (κ1) is 17.1. The zero-order chi connectivity index (χ0) is 17.6. The molecular weight excluding hydrogens is 304 g/mol. The van der Waals surface area contributed by atoms with Gasteiger partial charge in [0.1, 0.15) is 0 Å². The van der Waals surface area contributed by atoms with Gasteiger partial charge < -0.3 is 10.6 Å². The molecule has 0 saturated carbocycles. The van der Waals surface area contributed by atoms with E-state index in [-0.39, 0.29) is 0 Å². The molecule has 0 aliphatic rings. The SMILES string of the molecule is CCCc1cc(C)ccc1Nc1ccc(Nc2ccc(C)cc2)cc1. The topological polar surface area (TPSA) is 24.1 Å². The Labute approximate surface area is 150 Å². The summed E-state index contributed by atoms with van der Waals surface area (Å²) in [6.45, 7) is 6.47. The molecule has 0 amide bonds. The van der Waals surface area contributed by atoms with Gasteiger partial charge in [0.25, 0.3) is 0 Å². The third-order valence-corrected chi connectivity index (χ3v) is 4.28. The van der Waals surface area contributed by atoms with Crippen LogP contribution in [0, 0.1) is 13.8 Å². The minimum Gasteiger partial charge on any atom is -0.356 e. The van der Waals surface area contributed by atoms with Crippen LogP contribution in [-0.4, -0.2) is 0 Å². The van der Waals surface area contributed by atoms with Gasteiger partial charge in [-0.25, -0.2) is 0 Å². The summed E-state index contributed by atoms with van der Waals surface area (Å²) in [5.41, 5.74) is 8.46.